The fourth-order valence-corrected chi connectivity index (χ4v) is 4.23. The Labute approximate surface area is 143 Å². The predicted octanol–water partition coefficient (Wildman–Crippen LogP) is 1.20. The van der Waals surface area contributed by atoms with E-state index in [0.29, 0.717) is 12.1 Å². The van der Waals surface area contributed by atoms with E-state index in [4.69, 9.17) is 0 Å². The largest absolute Gasteiger partial charge is 0.350 e. The number of hydrogen-bond donors (Lipinski definition) is 2. The molecular weight excluding hydrogens is 348 g/mol. The smallest absolute Gasteiger partial charge is 0.263 e. The van der Waals surface area contributed by atoms with Gasteiger partial charge in [0.15, 0.2) is 0 Å². The van der Waals surface area contributed by atoms with Crippen molar-refractivity contribution in [3.8, 4) is 0 Å². The number of nitrogens with one attached hydrogen (secondary N) is 2. The molecule has 1 aliphatic rings. The standard InChI is InChI=1S/C15H16N4O3S2/c1-10-9-23-14(18-10)8-17-13(20)6-7-16-15-11-4-2-3-5-12(11)24(21,22)19-15/h2-5,9H,6-8H2,1H3,(H,16,19)(H,17,20). The van der Waals surface area contributed by atoms with Crippen LogP contribution in [0.25, 0.3) is 0 Å². The SMILES string of the molecule is Cc1csc(CNC(=O)CCN=C2NS(=O)(=O)c3ccccc32)n1. The Morgan fingerprint density at radius 2 is 2.17 bits per heavy atom. The van der Waals surface area contributed by atoms with Crippen LogP contribution in [0.2, 0.25) is 0 Å². The van der Waals surface area contributed by atoms with Crippen LogP contribution in [-0.2, 0) is 21.4 Å². The van der Waals surface area contributed by atoms with Crippen LogP contribution >= 0.6 is 11.3 Å². The van der Waals surface area contributed by atoms with E-state index in [2.05, 4.69) is 20.0 Å². The van der Waals surface area contributed by atoms with Crippen LogP contribution in [0, 0.1) is 6.92 Å². The summed E-state index contributed by atoms with van der Waals surface area (Å²) in [7, 11) is -3.54. The number of hydrogen-bond acceptors (Lipinski definition) is 6. The van der Waals surface area contributed by atoms with Gasteiger partial charge in [-0.05, 0) is 19.1 Å². The highest BCUT2D eigenvalue weighted by molar-refractivity contribution is 7.90. The number of rotatable bonds is 5. The highest BCUT2D eigenvalue weighted by Gasteiger charge is 2.29. The first-order valence-corrected chi connectivity index (χ1v) is 9.66. The summed E-state index contributed by atoms with van der Waals surface area (Å²) in [6.07, 6.45) is 0.178. The van der Waals surface area contributed by atoms with Gasteiger partial charge in [0.2, 0.25) is 5.91 Å². The number of sulfonamides is 1. The lowest BCUT2D eigenvalue weighted by atomic mass is 10.2. The van der Waals surface area contributed by atoms with E-state index in [0.717, 1.165) is 10.7 Å². The molecule has 126 valence electrons. The van der Waals surface area contributed by atoms with Gasteiger partial charge in [-0.2, -0.15) is 0 Å². The van der Waals surface area contributed by atoms with Crippen molar-refractivity contribution in [3.05, 3.63) is 45.9 Å². The van der Waals surface area contributed by atoms with E-state index in [1.165, 1.54) is 17.4 Å². The first kappa shape index (κ1) is 16.6. The normalized spacial score (nSPS) is 16.6. The lowest BCUT2D eigenvalue weighted by Crippen LogP contribution is -2.25. The Kier molecular flexibility index (Phi) is 4.63. The highest BCUT2D eigenvalue weighted by atomic mass is 32.2. The second-order valence-corrected chi connectivity index (χ2v) is 7.83. The van der Waals surface area contributed by atoms with E-state index in [9.17, 15) is 13.2 Å². The molecule has 2 aromatic rings. The minimum absolute atomic E-state index is 0.152. The lowest BCUT2D eigenvalue weighted by Gasteiger charge is -2.02. The summed E-state index contributed by atoms with van der Waals surface area (Å²) in [5.74, 6) is 0.135. The minimum Gasteiger partial charge on any atom is -0.350 e. The molecule has 2 N–H and O–H groups in total. The van der Waals surface area contributed by atoms with Crippen molar-refractivity contribution >= 4 is 33.1 Å². The number of fused-ring (bicyclic) bond motifs is 1. The van der Waals surface area contributed by atoms with Crippen LogP contribution in [0.5, 0.6) is 0 Å². The summed E-state index contributed by atoms with van der Waals surface area (Å²) in [6, 6.07) is 6.63. The Morgan fingerprint density at radius 1 is 1.38 bits per heavy atom. The zero-order valence-electron chi connectivity index (χ0n) is 12.9. The third kappa shape index (κ3) is 3.62. The van der Waals surface area contributed by atoms with Crippen molar-refractivity contribution < 1.29 is 13.2 Å². The average Bonchev–Trinajstić information content (AvgIpc) is 3.07. The quantitative estimate of drug-likeness (QED) is 0.832. The summed E-state index contributed by atoms with van der Waals surface area (Å²) < 4.78 is 26.3. The van der Waals surface area contributed by atoms with Gasteiger partial charge in [0.05, 0.1) is 18.0 Å². The Balaban J connectivity index is 1.56. The third-order valence-corrected chi connectivity index (χ3v) is 5.74. The van der Waals surface area contributed by atoms with E-state index < -0.39 is 10.0 Å². The van der Waals surface area contributed by atoms with Crippen molar-refractivity contribution in [2.75, 3.05) is 6.54 Å². The van der Waals surface area contributed by atoms with Crippen molar-refractivity contribution in [1.29, 1.82) is 0 Å². The number of carbonyl (C=O) groups excluding carboxylic acids is 1. The fourth-order valence-electron chi connectivity index (χ4n) is 2.27. The molecule has 0 saturated carbocycles. The van der Waals surface area contributed by atoms with Crippen LogP contribution in [0.4, 0.5) is 0 Å². The van der Waals surface area contributed by atoms with Gasteiger partial charge in [-0.15, -0.1) is 11.3 Å². The molecule has 0 spiro atoms. The van der Waals surface area contributed by atoms with E-state index in [-0.39, 0.29) is 29.6 Å². The number of nitrogens with zero attached hydrogens (tertiary/aromatic N) is 2. The third-order valence-electron chi connectivity index (χ3n) is 3.37. The summed E-state index contributed by atoms with van der Waals surface area (Å²) in [5, 5.41) is 5.55. The predicted molar refractivity (Wildman–Crippen MR) is 91.5 cm³/mol. The second kappa shape index (κ2) is 6.70. The van der Waals surface area contributed by atoms with Crippen molar-refractivity contribution in [3.63, 3.8) is 0 Å². The molecule has 1 aromatic heterocycles. The van der Waals surface area contributed by atoms with Crippen LogP contribution in [-0.4, -0.2) is 31.7 Å². The first-order chi connectivity index (χ1) is 11.5. The van der Waals surface area contributed by atoms with E-state index in [1.54, 1.807) is 18.2 Å². The highest BCUT2D eigenvalue weighted by Crippen LogP contribution is 2.22. The molecule has 9 heteroatoms. The van der Waals surface area contributed by atoms with Gasteiger partial charge >= 0.3 is 0 Å². The monoisotopic (exact) mass is 364 g/mol. The summed E-state index contributed by atoms with van der Waals surface area (Å²) in [6.45, 7) is 2.50. The summed E-state index contributed by atoms with van der Waals surface area (Å²) >= 11 is 1.50. The number of amides is 1. The number of benzene rings is 1. The van der Waals surface area contributed by atoms with Gasteiger partial charge in [0, 0.05) is 23.1 Å². The van der Waals surface area contributed by atoms with Gasteiger partial charge in [-0.1, -0.05) is 12.1 Å². The molecule has 0 radical (unpaired) electrons. The molecule has 7 nitrogen and oxygen atoms in total. The summed E-state index contributed by atoms with van der Waals surface area (Å²) in [4.78, 5) is 20.5. The zero-order chi connectivity index (χ0) is 17.2. The van der Waals surface area contributed by atoms with Crippen LogP contribution in [0.1, 0.15) is 22.7 Å². The second-order valence-electron chi connectivity index (χ2n) is 5.24. The van der Waals surface area contributed by atoms with Gasteiger partial charge in [0.25, 0.3) is 10.0 Å². The van der Waals surface area contributed by atoms with Crippen LogP contribution < -0.4 is 10.0 Å². The topological polar surface area (TPSA) is 101 Å². The maximum Gasteiger partial charge on any atom is 0.263 e. The lowest BCUT2D eigenvalue weighted by molar-refractivity contribution is -0.121. The molecule has 1 amide bonds. The molecule has 0 aliphatic carbocycles. The van der Waals surface area contributed by atoms with Gasteiger partial charge in [0.1, 0.15) is 10.8 Å². The van der Waals surface area contributed by atoms with Crippen molar-refractivity contribution in [2.45, 2.75) is 24.8 Å². The molecular formula is C15H16N4O3S2. The number of carbonyl (C=O) groups is 1. The van der Waals surface area contributed by atoms with Crippen molar-refractivity contribution in [1.82, 2.24) is 15.0 Å². The molecule has 0 bridgehead atoms. The van der Waals surface area contributed by atoms with E-state index >= 15 is 0 Å². The van der Waals surface area contributed by atoms with Gasteiger partial charge in [-0.3, -0.25) is 14.5 Å². The maximum absolute atomic E-state index is 11.9. The number of amidine groups is 1. The molecule has 1 aliphatic heterocycles. The average molecular weight is 364 g/mol. The van der Waals surface area contributed by atoms with Crippen LogP contribution in [0.15, 0.2) is 39.5 Å². The van der Waals surface area contributed by atoms with E-state index in [1.807, 2.05) is 12.3 Å². The molecule has 2 heterocycles. The Hall–Kier alpha value is -2.26. The van der Waals surface area contributed by atoms with Crippen molar-refractivity contribution in [2.24, 2.45) is 4.99 Å². The zero-order valence-corrected chi connectivity index (χ0v) is 14.6. The number of aromatic nitrogens is 1. The Morgan fingerprint density at radius 3 is 2.92 bits per heavy atom. The number of thiazole rings is 1. The summed E-state index contributed by atoms with van der Waals surface area (Å²) in [5.41, 5.74) is 1.47. The molecule has 3 rings (SSSR count). The van der Waals surface area contributed by atoms with Gasteiger partial charge in [-0.25, -0.2) is 13.4 Å². The Bertz CT molecular complexity index is 903. The van der Waals surface area contributed by atoms with Gasteiger partial charge < -0.3 is 5.32 Å². The van der Waals surface area contributed by atoms with Crippen LogP contribution in [0.3, 0.4) is 0 Å². The molecule has 24 heavy (non-hydrogen) atoms. The number of aliphatic imine (C=N–C) groups is 1. The molecule has 0 fully saturated rings. The molecule has 1 aromatic carbocycles. The fraction of sp³-hybridized carbons (Fsp3) is 0.267. The molecule has 0 atom stereocenters. The minimum atomic E-state index is -3.54. The molecule has 0 saturated heterocycles. The first-order valence-electron chi connectivity index (χ1n) is 7.30. The molecule has 0 unspecified atom stereocenters. The number of aryl methyl sites for hydroxylation is 1. The maximum atomic E-state index is 11.9.